The van der Waals surface area contributed by atoms with Gasteiger partial charge in [-0.1, -0.05) is 74.0 Å². The molecule has 1 aliphatic carbocycles. The molecule has 1 atom stereocenters. The molecular formula is C24H27ClN2O2. The van der Waals surface area contributed by atoms with Gasteiger partial charge in [0, 0.05) is 22.7 Å². The van der Waals surface area contributed by atoms with Crippen LogP contribution in [0.4, 0.5) is 5.69 Å². The monoisotopic (exact) mass is 410 g/mol. The fraction of sp³-hybridized carbons (Fsp3) is 0.417. The van der Waals surface area contributed by atoms with Crippen LogP contribution >= 0.6 is 11.6 Å². The van der Waals surface area contributed by atoms with Crippen LogP contribution in [-0.4, -0.2) is 23.3 Å². The van der Waals surface area contributed by atoms with Crippen molar-refractivity contribution < 1.29 is 9.59 Å². The van der Waals surface area contributed by atoms with Crippen molar-refractivity contribution in [1.29, 1.82) is 0 Å². The Morgan fingerprint density at radius 2 is 1.83 bits per heavy atom. The topological polar surface area (TPSA) is 49.4 Å². The summed E-state index contributed by atoms with van der Waals surface area (Å²) in [6.07, 6.45) is 7.66. The lowest BCUT2D eigenvalue weighted by Gasteiger charge is -2.31. The normalized spacial score (nSPS) is 20.0. The van der Waals surface area contributed by atoms with E-state index >= 15 is 0 Å². The van der Waals surface area contributed by atoms with Crippen LogP contribution in [-0.2, 0) is 9.59 Å². The van der Waals surface area contributed by atoms with Gasteiger partial charge in [0.2, 0.25) is 11.8 Å². The maximum atomic E-state index is 13.3. The number of halogens is 1. The van der Waals surface area contributed by atoms with E-state index in [0.717, 1.165) is 23.2 Å². The standard InChI is InChI=1S/C24H27ClN2O2/c25-19-12-13-21-20(15-19)24(18-9-5-2-6-10-18)27(16-22(28)26-21)23(29)14-11-17-7-3-1-4-8-17/h2,5-6,9-10,12-13,15,17,24H,1,3-4,7-8,11,14,16H2,(H,26,28)/t24-/m0/s1. The second-order valence-corrected chi connectivity index (χ2v) is 8.59. The molecule has 1 N–H and O–H groups in total. The largest absolute Gasteiger partial charge is 0.324 e. The number of carbonyl (C=O) groups excluding carboxylic acids is 2. The first-order chi connectivity index (χ1) is 14.1. The van der Waals surface area contributed by atoms with Crippen molar-refractivity contribution in [2.45, 2.75) is 51.0 Å². The summed E-state index contributed by atoms with van der Waals surface area (Å²) in [5, 5.41) is 3.54. The van der Waals surface area contributed by atoms with E-state index in [9.17, 15) is 9.59 Å². The molecule has 5 heteroatoms. The van der Waals surface area contributed by atoms with Gasteiger partial charge in [-0.3, -0.25) is 9.59 Å². The first-order valence-corrected chi connectivity index (χ1v) is 10.9. The Morgan fingerprint density at radius 1 is 1.07 bits per heavy atom. The zero-order valence-electron chi connectivity index (χ0n) is 16.6. The molecule has 2 aromatic rings. The molecule has 152 valence electrons. The third-order valence-electron chi connectivity index (χ3n) is 6.13. The van der Waals surface area contributed by atoms with Gasteiger partial charge < -0.3 is 10.2 Å². The Kier molecular flexibility index (Phi) is 6.19. The first-order valence-electron chi connectivity index (χ1n) is 10.6. The van der Waals surface area contributed by atoms with Gasteiger partial charge in [0.25, 0.3) is 0 Å². The predicted octanol–water partition coefficient (Wildman–Crippen LogP) is 5.57. The van der Waals surface area contributed by atoms with E-state index in [1.165, 1.54) is 32.1 Å². The lowest BCUT2D eigenvalue weighted by molar-refractivity contribution is -0.136. The molecule has 1 fully saturated rings. The molecule has 1 aliphatic heterocycles. The molecule has 2 amide bonds. The average Bonchev–Trinajstić information content (AvgIpc) is 2.89. The Bertz CT molecular complexity index is 878. The van der Waals surface area contributed by atoms with Crippen LogP contribution < -0.4 is 5.32 Å². The van der Waals surface area contributed by atoms with Crippen molar-refractivity contribution in [2.24, 2.45) is 5.92 Å². The van der Waals surface area contributed by atoms with E-state index in [0.29, 0.717) is 17.4 Å². The van der Waals surface area contributed by atoms with Crippen molar-refractivity contribution >= 4 is 29.1 Å². The highest BCUT2D eigenvalue weighted by Gasteiger charge is 2.33. The van der Waals surface area contributed by atoms with Crippen molar-refractivity contribution in [3.8, 4) is 0 Å². The summed E-state index contributed by atoms with van der Waals surface area (Å²) in [5.74, 6) is 0.496. The van der Waals surface area contributed by atoms with Crippen molar-refractivity contribution in [1.82, 2.24) is 4.90 Å². The third kappa shape index (κ3) is 4.64. The summed E-state index contributed by atoms with van der Waals surface area (Å²) in [7, 11) is 0. The van der Waals surface area contributed by atoms with Gasteiger partial charge in [-0.15, -0.1) is 0 Å². The van der Waals surface area contributed by atoms with Gasteiger partial charge in [-0.05, 0) is 36.1 Å². The number of benzene rings is 2. The maximum absolute atomic E-state index is 13.3. The average molecular weight is 411 g/mol. The van der Waals surface area contributed by atoms with Gasteiger partial charge in [0.05, 0.1) is 6.04 Å². The fourth-order valence-corrected chi connectivity index (χ4v) is 4.83. The lowest BCUT2D eigenvalue weighted by atomic mass is 9.86. The van der Waals surface area contributed by atoms with Gasteiger partial charge in [-0.25, -0.2) is 0 Å². The molecule has 0 spiro atoms. The Balaban J connectivity index is 1.66. The molecule has 1 saturated carbocycles. The van der Waals surface area contributed by atoms with Crippen LogP contribution in [0.2, 0.25) is 5.02 Å². The van der Waals surface area contributed by atoms with E-state index in [1.807, 2.05) is 42.5 Å². The lowest BCUT2D eigenvalue weighted by Crippen LogP contribution is -2.39. The van der Waals surface area contributed by atoms with E-state index in [4.69, 9.17) is 11.6 Å². The van der Waals surface area contributed by atoms with Crippen LogP contribution in [0.25, 0.3) is 0 Å². The van der Waals surface area contributed by atoms with Crippen LogP contribution in [0, 0.1) is 5.92 Å². The molecule has 1 heterocycles. The molecule has 0 saturated heterocycles. The molecule has 4 rings (SSSR count). The smallest absolute Gasteiger partial charge is 0.244 e. The molecular weight excluding hydrogens is 384 g/mol. The summed E-state index contributed by atoms with van der Waals surface area (Å²) < 4.78 is 0. The molecule has 0 unspecified atom stereocenters. The van der Waals surface area contributed by atoms with Crippen LogP contribution in [0.5, 0.6) is 0 Å². The van der Waals surface area contributed by atoms with Gasteiger partial charge >= 0.3 is 0 Å². The first kappa shape index (κ1) is 20.0. The zero-order chi connectivity index (χ0) is 20.2. The van der Waals surface area contributed by atoms with Crippen molar-refractivity contribution in [3.05, 3.63) is 64.7 Å². The number of amides is 2. The Labute approximate surface area is 177 Å². The van der Waals surface area contributed by atoms with Crippen LogP contribution in [0.3, 0.4) is 0 Å². The zero-order valence-corrected chi connectivity index (χ0v) is 17.3. The predicted molar refractivity (Wildman–Crippen MR) is 116 cm³/mol. The Morgan fingerprint density at radius 3 is 2.59 bits per heavy atom. The van der Waals surface area contributed by atoms with Crippen LogP contribution in [0.15, 0.2) is 48.5 Å². The maximum Gasteiger partial charge on any atom is 0.244 e. The highest BCUT2D eigenvalue weighted by atomic mass is 35.5. The summed E-state index contributed by atoms with van der Waals surface area (Å²) in [4.78, 5) is 27.7. The fourth-order valence-electron chi connectivity index (χ4n) is 4.65. The third-order valence-corrected chi connectivity index (χ3v) is 6.37. The second-order valence-electron chi connectivity index (χ2n) is 8.16. The quantitative estimate of drug-likeness (QED) is 0.716. The number of nitrogens with one attached hydrogen (secondary N) is 1. The van der Waals surface area contributed by atoms with Crippen LogP contribution in [0.1, 0.15) is 62.1 Å². The number of fused-ring (bicyclic) bond motifs is 1. The minimum Gasteiger partial charge on any atom is -0.324 e. The summed E-state index contributed by atoms with van der Waals surface area (Å²) in [6.45, 7) is 0.0510. The molecule has 0 aromatic heterocycles. The van der Waals surface area contributed by atoms with E-state index in [-0.39, 0.29) is 24.4 Å². The number of rotatable bonds is 4. The molecule has 0 radical (unpaired) electrons. The van der Waals surface area contributed by atoms with E-state index in [2.05, 4.69) is 5.32 Å². The number of carbonyl (C=O) groups is 2. The molecule has 2 aromatic carbocycles. The minimum atomic E-state index is -0.331. The van der Waals surface area contributed by atoms with Crippen molar-refractivity contribution in [2.75, 3.05) is 11.9 Å². The number of anilines is 1. The van der Waals surface area contributed by atoms with Crippen molar-refractivity contribution in [3.63, 3.8) is 0 Å². The molecule has 2 aliphatic rings. The van der Waals surface area contributed by atoms with Gasteiger partial charge in [-0.2, -0.15) is 0 Å². The second kappa shape index (κ2) is 9.00. The number of hydrogen-bond donors (Lipinski definition) is 1. The SMILES string of the molecule is O=C1CN(C(=O)CCC2CCCCC2)[C@@H](c2ccccc2)c2cc(Cl)ccc2N1. The summed E-state index contributed by atoms with van der Waals surface area (Å²) >= 11 is 6.29. The molecule has 0 bridgehead atoms. The number of nitrogens with zero attached hydrogens (tertiary/aromatic N) is 1. The summed E-state index contributed by atoms with van der Waals surface area (Å²) in [6, 6.07) is 15.0. The van der Waals surface area contributed by atoms with Gasteiger partial charge in [0.1, 0.15) is 6.54 Å². The summed E-state index contributed by atoms with van der Waals surface area (Å²) in [5.41, 5.74) is 2.56. The number of hydrogen-bond acceptors (Lipinski definition) is 2. The highest BCUT2D eigenvalue weighted by molar-refractivity contribution is 6.30. The minimum absolute atomic E-state index is 0.0346. The van der Waals surface area contributed by atoms with Gasteiger partial charge in [0.15, 0.2) is 0 Å². The molecule has 29 heavy (non-hydrogen) atoms. The Hall–Kier alpha value is -2.33. The van der Waals surface area contributed by atoms with E-state index in [1.54, 1.807) is 11.0 Å². The highest BCUT2D eigenvalue weighted by Crippen LogP contribution is 2.38. The van der Waals surface area contributed by atoms with E-state index < -0.39 is 0 Å². The molecule has 4 nitrogen and oxygen atoms in total.